The quantitative estimate of drug-likeness (QED) is 0.742. The van der Waals surface area contributed by atoms with Crippen molar-refractivity contribution in [2.24, 2.45) is 0 Å². The lowest BCUT2D eigenvalue weighted by Gasteiger charge is -2.11. The number of carbonyl (C=O) groups excluding carboxylic acids is 1. The minimum Gasteiger partial charge on any atom is -0.497 e. The van der Waals surface area contributed by atoms with Gasteiger partial charge in [-0.05, 0) is 36.4 Å². The summed E-state index contributed by atoms with van der Waals surface area (Å²) in [4.78, 5) is 16.5. The summed E-state index contributed by atoms with van der Waals surface area (Å²) in [6.45, 7) is 0. The number of urea groups is 1. The predicted molar refractivity (Wildman–Crippen MR) is 92.4 cm³/mol. The number of nitrogens with one attached hydrogen (secondary N) is 2. The molecule has 3 rings (SSSR count). The highest BCUT2D eigenvalue weighted by atomic mass is 35.5. The Labute approximate surface area is 138 Å². The Balaban J connectivity index is 1.85. The van der Waals surface area contributed by atoms with Crippen molar-refractivity contribution >= 4 is 39.9 Å². The third-order valence-electron chi connectivity index (χ3n) is 3.26. The van der Waals surface area contributed by atoms with Crippen molar-refractivity contribution in [2.75, 3.05) is 17.7 Å². The second kappa shape index (κ2) is 6.54. The summed E-state index contributed by atoms with van der Waals surface area (Å²) in [7, 11) is 1.58. The molecule has 0 radical (unpaired) electrons. The average Bonchev–Trinajstić information content (AvgIpc) is 2.56. The van der Waals surface area contributed by atoms with Crippen LogP contribution in [0, 0.1) is 0 Å². The van der Waals surface area contributed by atoms with E-state index in [1.807, 2.05) is 18.2 Å². The molecule has 1 aromatic heterocycles. The van der Waals surface area contributed by atoms with Gasteiger partial charge in [-0.2, -0.15) is 0 Å². The Morgan fingerprint density at radius 2 is 1.91 bits per heavy atom. The van der Waals surface area contributed by atoms with Crippen molar-refractivity contribution in [3.63, 3.8) is 0 Å². The molecule has 3 aromatic rings. The molecule has 2 amide bonds. The lowest BCUT2D eigenvalue weighted by Crippen LogP contribution is -2.19. The number of ether oxygens (including phenoxy) is 1. The molecule has 0 saturated carbocycles. The van der Waals surface area contributed by atoms with E-state index in [-0.39, 0.29) is 6.03 Å². The van der Waals surface area contributed by atoms with Gasteiger partial charge in [0.1, 0.15) is 5.75 Å². The smallest absolute Gasteiger partial charge is 0.323 e. The molecule has 0 aliphatic heterocycles. The van der Waals surface area contributed by atoms with Gasteiger partial charge < -0.3 is 15.4 Å². The first-order chi connectivity index (χ1) is 11.2. The van der Waals surface area contributed by atoms with E-state index in [2.05, 4.69) is 15.6 Å². The van der Waals surface area contributed by atoms with Gasteiger partial charge in [0.2, 0.25) is 0 Å². The van der Waals surface area contributed by atoms with Crippen molar-refractivity contribution in [1.29, 1.82) is 0 Å². The monoisotopic (exact) mass is 327 g/mol. The molecule has 23 heavy (non-hydrogen) atoms. The number of fused-ring (bicyclic) bond motifs is 1. The Kier molecular flexibility index (Phi) is 4.30. The van der Waals surface area contributed by atoms with Crippen molar-refractivity contribution < 1.29 is 9.53 Å². The van der Waals surface area contributed by atoms with Crippen LogP contribution in [0.1, 0.15) is 0 Å². The van der Waals surface area contributed by atoms with Crippen molar-refractivity contribution in [1.82, 2.24) is 4.98 Å². The van der Waals surface area contributed by atoms with Gasteiger partial charge in [0.05, 0.1) is 18.3 Å². The van der Waals surface area contributed by atoms with Crippen LogP contribution in [0.2, 0.25) is 5.02 Å². The summed E-state index contributed by atoms with van der Waals surface area (Å²) in [6.07, 6.45) is 1.68. The molecule has 5 nitrogen and oxygen atoms in total. The van der Waals surface area contributed by atoms with E-state index in [4.69, 9.17) is 16.3 Å². The number of anilines is 2. The molecule has 0 saturated heterocycles. The van der Waals surface area contributed by atoms with Gasteiger partial charge in [0, 0.05) is 28.4 Å². The number of aromatic nitrogens is 1. The summed E-state index contributed by atoms with van der Waals surface area (Å²) in [5.74, 6) is 0.646. The number of methoxy groups -OCH3 is 1. The van der Waals surface area contributed by atoms with Crippen LogP contribution >= 0.6 is 11.6 Å². The molecule has 0 bridgehead atoms. The lowest BCUT2D eigenvalue weighted by atomic mass is 10.2. The summed E-state index contributed by atoms with van der Waals surface area (Å²) in [5.41, 5.74) is 1.91. The first-order valence-corrected chi connectivity index (χ1v) is 7.30. The number of halogens is 1. The van der Waals surface area contributed by atoms with E-state index in [0.717, 1.165) is 5.39 Å². The van der Waals surface area contributed by atoms with Crippen LogP contribution in [0.3, 0.4) is 0 Å². The highest BCUT2D eigenvalue weighted by Crippen LogP contribution is 2.27. The van der Waals surface area contributed by atoms with Gasteiger partial charge in [0.25, 0.3) is 0 Å². The highest BCUT2D eigenvalue weighted by molar-refractivity contribution is 6.30. The van der Waals surface area contributed by atoms with Crippen LogP contribution in [0.15, 0.2) is 54.7 Å². The summed E-state index contributed by atoms with van der Waals surface area (Å²) >= 11 is 5.83. The van der Waals surface area contributed by atoms with E-state index in [1.165, 1.54) is 0 Å². The first-order valence-electron chi connectivity index (χ1n) is 6.92. The van der Waals surface area contributed by atoms with Crippen LogP contribution in [0.5, 0.6) is 5.75 Å². The van der Waals surface area contributed by atoms with Gasteiger partial charge in [-0.25, -0.2) is 4.79 Å². The Hall–Kier alpha value is -2.79. The zero-order valence-electron chi connectivity index (χ0n) is 12.3. The molecule has 0 aliphatic rings. The van der Waals surface area contributed by atoms with E-state index in [0.29, 0.717) is 27.7 Å². The minimum absolute atomic E-state index is 0.368. The number of rotatable bonds is 3. The van der Waals surface area contributed by atoms with Crippen LogP contribution < -0.4 is 15.4 Å². The molecule has 0 aliphatic carbocycles. The highest BCUT2D eigenvalue weighted by Gasteiger charge is 2.09. The molecule has 0 atom stereocenters. The fraction of sp³-hybridized carbons (Fsp3) is 0.0588. The third-order valence-corrected chi connectivity index (χ3v) is 3.52. The molecule has 116 valence electrons. The maximum atomic E-state index is 12.2. The molecular weight excluding hydrogens is 314 g/mol. The molecule has 0 fully saturated rings. The molecule has 6 heteroatoms. The molecule has 0 spiro atoms. The van der Waals surface area contributed by atoms with Crippen LogP contribution in [-0.4, -0.2) is 18.1 Å². The van der Waals surface area contributed by atoms with E-state index in [9.17, 15) is 4.79 Å². The number of hydrogen-bond acceptors (Lipinski definition) is 3. The van der Waals surface area contributed by atoms with Crippen LogP contribution in [0.4, 0.5) is 16.2 Å². The first kappa shape index (κ1) is 15.1. The number of hydrogen-bond donors (Lipinski definition) is 2. The molecular formula is C17H14ClN3O2. The topological polar surface area (TPSA) is 63.2 Å². The lowest BCUT2D eigenvalue weighted by molar-refractivity contribution is 0.262. The summed E-state index contributed by atoms with van der Waals surface area (Å²) in [5, 5.41) is 7.03. The Morgan fingerprint density at radius 1 is 1.13 bits per heavy atom. The molecule has 2 N–H and O–H groups in total. The van der Waals surface area contributed by atoms with Crippen molar-refractivity contribution in [3.8, 4) is 5.75 Å². The average molecular weight is 328 g/mol. The normalized spacial score (nSPS) is 10.3. The molecule has 1 heterocycles. The van der Waals surface area contributed by atoms with Gasteiger partial charge in [-0.15, -0.1) is 0 Å². The van der Waals surface area contributed by atoms with Crippen molar-refractivity contribution in [2.45, 2.75) is 0 Å². The number of pyridine rings is 1. The van der Waals surface area contributed by atoms with E-state index in [1.54, 1.807) is 43.6 Å². The SMILES string of the molecule is COc1cc(NC(=O)Nc2ccc(Cl)cc2)c2ncccc2c1. The van der Waals surface area contributed by atoms with Gasteiger partial charge in [-0.3, -0.25) is 4.98 Å². The van der Waals surface area contributed by atoms with Crippen LogP contribution in [0.25, 0.3) is 10.9 Å². The second-order valence-corrected chi connectivity index (χ2v) is 5.27. The molecule has 0 unspecified atom stereocenters. The molecule has 2 aromatic carbocycles. The van der Waals surface area contributed by atoms with Gasteiger partial charge in [-0.1, -0.05) is 17.7 Å². The third kappa shape index (κ3) is 3.52. The largest absolute Gasteiger partial charge is 0.497 e. The fourth-order valence-electron chi connectivity index (χ4n) is 2.20. The zero-order chi connectivity index (χ0) is 16.2. The second-order valence-electron chi connectivity index (χ2n) is 4.84. The summed E-state index contributed by atoms with van der Waals surface area (Å²) < 4.78 is 5.26. The number of carbonyl (C=O) groups is 1. The fourth-order valence-corrected chi connectivity index (χ4v) is 2.32. The Morgan fingerprint density at radius 3 is 2.65 bits per heavy atom. The maximum absolute atomic E-state index is 12.2. The van der Waals surface area contributed by atoms with E-state index < -0.39 is 0 Å². The Bertz CT molecular complexity index is 850. The maximum Gasteiger partial charge on any atom is 0.323 e. The van der Waals surface area contributed by atoms with Gasteiger partial charge >= 0.3 is 6.03 Å². The van der Waals surface area contributed by atoms with E-state index >= 15 is 0 Å². The standard InChI is InChI=1S/C17H14ClN3O2/c1-23-14-9-11-3-2-8-19-16(11)15(10-14)21-17(22)20-13-6-4-12(18)5-7-13/h2-10H,1H3,(H2,20,21,22). The number of amides is 2. The van der Waals surface area contributed by atoms with Crippen molar-refractivity contribution in [3.05, 3.63) is 59.8 Å². The summed E-state index contributed by atoms with van der Waals surface area (Å²) in [6, 6.07) is 13.8. The zero-order valence-corrected chi connectivity index (χ0v) is 13.1. The number of benzene rings is 2. The predicted octanol–water partition coefficient (Wildman–Crippen LogP) is 4.54. The number of nitrogens with zero attached hydrogens (tertiary/aromatic N) is 1. The minimum atomic E-state index is -0.368. The van der Waals surface area contributed by atoms with Crippen LogP contribution in [-0.2, 0) is 0 Å². The van der Waals surface area contributed by atoms with Gasteiger partial charge in [0.15, 0.2) is 0 Å².